The van der Waals surface area contributed by atoms with Crippen LogP contribution in [0.3, 0.4) is 0 Å². The third-order valence-electron chi connectivity index (χ3n) is 3.46. The minimum absolute atomic E-state index is 0.234. The highest BCUT2D eigenvalue weighted by molar-refractivity contribution is 6.17. The molecule has 2 aromatic rings. The number of hydrogen-bond acceptors (Lipinski definition) is 2. The maximum absolute atomic E-state index is 14.2. The van der Waals surface area contributed by atoms with Gasteiger partial charge in [0.05, 0.1) is 12.2 Å². The van der Waals surface area contributed by atoms with E-state index in [-0.39, 0.29) is 5.82 Å². The molecule has 2 nitrogen and oxygen atoms in total. The summed E-state index contributed by atoms with van der Waals surface area (Å²) in [5.74, 6) is 0.971. The lowest BCUT2D eigenvalue weighted by Gasteiger charge is -2.23. The van der Waals surface area contributed by atoms with E-state index in [4.69, 9.17) is 16.3 Å². The van der Waals surface area contributed by atoms with Crippen molar-refractivity contribution in [3.05, 3.63) is 59.4 Å². The Kier molecular flexibility index (Phi) is 3.79. The summed E-state index contributed by atoms with van der Waals surface area (Å²) in [5, 5.41) is 0. The van der Waals surface area contributed by atoms with Crippen molar-refractivity contribution in [2.45, 2.75) is 12.4 Å². The van der Waals surface area contributed by atoms with Gasteiger partial charge in [0.15, 0.2) is 0 Å². The van der Waals surface area contributed by atoms with E-state index in [1.807, 2.05) is 35.2 Å². The van der Waals surface area contributed by atoms with Crippen molar-refractivity contribution < 1.29 is 9.13 Å². The van der Waals surface area contributed by atoms with Gasteiger partial charge in [-0.15, -0.1) is 11.6 Å². The number of benzene rings is 2. The molecule has 0 fully saturated rings. The fourth-order valence-electron chi connectivity index (χ4n) is 2.42. The molecule has 4 heteroatoms. The third kappa shape index (κ3) is 2.59. The van der Waals surface area contributed by atoms with Crippen molar-refractivity contribution in [3.63, 3.8) is 0 Å². The highest BCUT2D eigenvalue weighted by atomic mass is 35.5. The molecule has 0 bridgehead atoms. The summed E-state index contributed by atoms with van der Waals surface area (Å²) in [5.41, 5.74) is 2.46. The van der Waals surface area contributed by atoms with Crippen LogP contribution >= 0.6 is 11.6 Å². The molecule has 0 radical (unpaired) electrons. The van der Waals surface area contributed by atoms with E-state index >= 15 is 0 Å². The minimum Gasteiger partial charge on any atom is -0.491 e. The number of fused-ring (bicyclic) bond motifs is 1. The second-order valence-electron chi connectivity index (χ2n) is 4.80. The molecule has 1 aliphatic rings. The predicted octanol–water partition coefficient (Wildman–Crippen LogP) is 3.96. The molecule has 1 heterocycles. The lowest BCUT2D eigenvalue weighted by molar-refractivity contribution is 0.331. The fourth-order valence-corrected chi connectivity index (χ4v) is 2.59. The first-order valence-corrected chi connectivity index (χ1v) is 7.11. The molecule has 0 saturated heterocycles. The van der Waals surface area contributed by atoms with Gasteiger partial charge in [-0.05, 0) is 23.8 Å². The lowest BCUT2D eigenvalue weighted by atomic mass is 10.1. The Morgan fingerprint density at radius 2 is 2.05 bits per heavy atom. The van der Waals surface area contributed by atoms with Crippen LogP contribution < -0.4 is 9.64 Å². The van der Waals surface area contributed by atoms with Gasteiger partial charge in [-0.1, -0.05) is 24.3 Å². The number of anilines is 1. The van der Waals surface area contributed by atoms with Crippen LogP contribution in [-0.2, 0) is 12.4 Å². The first-order valence-electron chi connectivity index (χ1n) is 6.58. The first kappa shape index (κ1) is 13.3. The summed E-state index contributed by atoms with van der Waals surface area (Å²) in [6.45, 7) is 1.85. The number of alkyl halides is 1. The lowest BCUT2D eigenvalue weighted by Crippen LogP contribution is -2.26. The Hall–Kier alpha value is -1.74. The van der Waals surface area contributed by atoms with Crippen molar-refractivity contribution in [1.29, 1.82) is 0 Å². The summed E-state index contributed by atoms with van der Waals surface area (Å²) in [6.07, 6.45) is 0. The van der Waals surface area contributed by atoms with Gasteiger partial charge < -0.3 is 9.64 Å². The number of nitrogens with zero attached hydrogens (tertiary/aromatic N) is 1. The van der Waals surface area contributed by atoms with Gasteiger partial charge in [-0.25, -0.2) is 4.39 Å². The highest BCUT2D eigenvalue weighted by Gasteiger charge is 2.18. The molecule has 0 amide bonds. The predicted molar refractivity (Wildman–Crippen MR) is 78.9 cm³/mol. The zero-order valence-electron chi connectivity index (χ0n) is 11.0. The van der Waals surface area contributed by atoms with Crippen molar-refractivity contribution in [3.8, 4) is 5.75 Å². The quantitative estimate of drug-likeness (QED) is 0.777. The first-order chi connectivity index (χ1) is 9.78. The third-order valence-corrected chi connectivity index (χ3v) is 3.77. The Morgan fingerprint density at radius 1 is 1.20 bits per heavy atom. The maximum atomic E-state index is 14.2. The second kappa shape index (κ2) is 5.71. The van der Waals surface area contributed by atoms with Crippen LogP contribution in [-0.4, -0.2) is 13.2 Å². The van der Waals surface area contributed by atoms with E-state index in [1.54, 1.807) is 6.07 Å². The molecule has 104 valence electrons. The average Bonchev–Trinajstić information content (AvgIpc) is 2.69. The van der Waals surface area contributed by atoms with E-state index < -0.39 is 0 Å². The van der Waals surface area contributed by atoms with Gasteiger partial charge in [0.2, 0.25) is 0 Å². The number of hydrogen-bond donors (Lipinski definition) is 0. The Morgan fingerprint density at radius 3 is 2.85 bits per heavy atom. The Bertz CT molecular complexity index is 617. The van der Waals surface area contributed by atoms with E-state index in [0.29, 0.717) is 31.3 Å². The van der Waals surface area contributed by atoms with Crippen LogP contribution in [0.5, 0.6) is 5.75 Å². The van der Waals surface area contributed by atoms with Gasteiger partial charge in [-0.3, -0.25) is 0 Å². The molecule has 0 unspecified atom stereocenters. The standard InChI is InChI=1S/C16H15ClFNO/c17-10-12-5-6-15(14(18)9-12)19-7-8-20-16-4-2-1-3-13(16)11-19/h1-6,9H,7-8,10-11H2. The van der Waals surface area contributed by atoms with Crippen molar-refractivity contribution >= 4 is 17.3 Å². The second-order valence-corrected chi connectivity index (χ2v) is 5.06. The summed E-state index contributed by atoms with van der Waals surface area (Å²) in [7, 11) is 0. The van der Waals surface area contributed by atoms with Crippen LogP contribution in [0.15, 0.2) is 42.5 Å². The molecule has 0 saturated carbocycles. The van der Waals surface area contributed by atoms with Crippen LogP contribution in [0.1, 0.15) is 11.1 Å². The molecule has 0 atom stereocenters. The Balaban J connectivity index is 1.91. The average molecular weight is 292 g/mol. The summed E-state index contributed by atoms with van der Waals surface area (Å²) < 4.78 is 19.9. The molecule has 1 aliphatic heterocycles. The zero-order chi connectivity index (χ0) is 13.9. The van der Waals surface area contributed by atoms with Gasteiger partial charge in [0.25, 0.3) is 0 Å². The molecular weight excluding hydrogens is 277 g/mol. The fraction of sp³-hybridized carbons (Fsp3) is 0.250. The van der Waals surface area contributed by atoms with E-state index in [9.17, 15) is 4.39 Å². The van der Waals surface area contributed by atoms with Crippen molar-refractivity contribution in [2.24, 2.45) is 0 Å². The number of halogens is 2. The van der Waals surface area contributed by atoms with Gasteiger partial charge in [0.1, 0.15) is 18.2 Å². The molecule has 0 aliphatic carbocycles. The molecular formula is C16H15ClFNO. The van der Waals surface area contributed by atoms with E-state index in [0.717, 1.165) is 16.9 Å². The molecule has 0 aromatic heterocycles. The summed E-state index contributed by atoms with van der Waals surface area (Å²) in [4.78, 5) is 2.00. The highest BCUT2D eigenvalue weighted by Crippen LogP contribution is 2.28. The number of rotatable bonds is 2. The summed E-state index contributed by atoms with van der Waals surface area (Å²) >= 11 is 5.73. The van der Waals surface area contributed by atoms with Crippen molar-refractivity contribution in [1.82, 2.24) is 0 Å². The molecule has 0 N–H and O–H groups in total. The minimum atomic E-state index is -0.234. The molecule has 2 aromatic carbocycles. The van der Waals surface area contributed by atoms with Crippen LogP contribution in [0, 0.1) is 5.82 Å². The van der Waals surface area contributed by atoms with Gasteiger partial charge in [0, 0.05) is 18.0 Å². The molecule has 0 spiro atoms. The SMILES string of the molecule is Fc1cc(CCl)ccc1N1CCOc2ccccc2C1. The van der Waals surface area contributed by atoms with Crippen molar-refractivity contribution in [2.75, 3.05) is 18.1 Å². The van der Waals surface area contributed by atoms with Gasteiger partial charge in [-0.2, -0.15) is 0 Å². The summed E-state index contributed by atoms with van der Waals surface area (Å²) in [6, 6.07) is 13.0. The molecule has 20 heavy (non-hydrogen) atoms. The Labute approximate surface area is 122 Å². The largest absolute Gasteiger partial charge is 0.491 e. The maximum Gasteiger partial charge on any atom is 0.146 e. The molecule has 3 rings (SSSR count). The van der Waals surface area contributed by atoms with Crippen LogP contribution in [0.2, 0.25) is 0 Å². The van der Waals surface area contributed by atoms with Crippen LogP contribution in [0.25, 0.3) is 0 Å². The van der Waals surface area contributed by atoms with E-state index in [2.05, 4.69) is 0 Å². The van der Waals surface area contributed by atoms with Crippen LogP contribution in [0.4, 0.5) is 10.1 Å². The number of para-hydroxylation sites is 1. The smallest absolute Gasteiger partial charge is 0.146 e. The zero-order valence-corrected chi connectivity index (χ0v) is 11.7. The topological polar surface area (TPSA) is 12.5 Å². The van der Waals surface area contributed by atoms with E-state index in [1.165, 1.54) is 6.07 Å². The van der Waals surface area contributed by atoms with Gasteiger partial charge >= 0.3 is 0 Å². The number of ether oxygens (including phenoxy) is 1. The normalized spacial score (nSPS) is 14.4. The monoisotopic (exact) mass is 291 g/mol.